The van der Waals surface area contributed by atoms with Gasteiger partial charge in [-0.3, -0.25) is 9.59 Å². The molecule has 150 valence electrons. The van der Waals surface area contributed by atoms with E-state index in [1.807, 2.05) is 0 Å². The number of carbonyl (C=O) groups is 2. The maximum absolute atomic E-state index is 12.4. The van der Waals surface area contributed by atoms with Gasteiger partial charge in [-0.05, 0) is 25.0 Å². The molecule has 0 aliphatic heterocycles. The Balaban J connectivity index is 1.87. The largest absolute Gasteiger partial charge is 0.493 e. The summed E-state index contributed by atoms with van der Waals surface area (Å²) in [6.07, 6.45) is 7.18. The number of methoxy groups -OCH3 is 3. The van der Waals surface area contributed by atoms with Gasteiger partial charge in [-0.25, -0.2) is 0 Å². The molecule has 1 saturated carbocycles. The lowest BCUT2D eigenvalue weighted by Gasteiger charge is -2.16. The van der Waals surface area contributed by atoms with Crippen LogP contribution in [0.15, 0.2) is 12.1 Å². The van der Waals surface area contributed by atoms with Crippen LogP contribution in [0.2, 0.25) is 0 Å². The van der Waals surface area contributed by atoms with Crippen molar-refractivity contribution in [1.29, 1.82) is 0 Å². The third-order valence-corrected chi connectivity index (χ3v) is 4.78. The Hall–Kier alpha value is -2.44. The van der Waals surface area contributed by atoms with E-state index in [2.05, 4.69) is 10.6 Å². The number of nitrogens with one attached hydrogen (secondary N) is 2. The number of hydrogen-bond donors (Lipinski definition) is 2. The third kappa shape index (κ3) is 6.05. The number of ether oxygens (including phenoxy) is 3. The molecular weight excluding hydrogens is 348 g/mol. The Morgan fingerprint density at radius 1 is 0.963 bits per heavy atom. The lowest BCUT2D eigenvalue weighted by Crippen LogP contribution is -2.36. The van der Waals surface area contributed by atoms with Crippen molar-refractivity contribution in [2.45, 2.75) is 51.0 Å². The molecule has 2 rings (SSSR count). The van der Waals surface area contributed by atoms with Crippen LogP contribution in [-0.4, -0.2) is 45.7 Å². The van der Waals surface area contributed by atoms with Gasteiger partial charge in [0.25, 0.3) is 5.91 Å². The van der Waals surface area contributed by atoms with E-state index >= 15 is 0 Å². The molecule has 1 aliphatic carbocycles. The second-order valence-electron chi connectivity index (χ2n) is 6.68. The van der Waals surface area contributed by atoms with Crippen molar-refractivity contribution in [2.75, 3.05) is 27.9 Å². The summed E-state index contributed by atoms with van der Waals surface area (Å²) in [5.41, 5.74) is 0.383. The number of rotatable bonds is 8. The quantitative estimate of drug-likeness (QED) is 0.679. The highest BCUT2D eigenvalue weighted by atomic mass is 16.5. The fraction of sp³-hybridized carbons (Fsp3) is 0.600. The zero-order chi connectivity index (χ0) is 19.6. The average Bonchev–Trinajstić information content (AvgIpc) is 2.95. The van der Waals surface area contributed by atoms with Gasteiger partial charge in [-0.2, -0.15) is 0 Å². The van der Waals surface area contributed by atoms with Crippen molar-refractivity contribution in [2.24, 2.45) is 0 Å². The fourth-order valence-corrected chi connectivity index (χ4v) is 3.33. The molecule has 0 bridgehead atoms. The first kappa shape index (κ1) is 20.9. The minimum Gasteiger partial charge on any atom is -0.493 e. The smallest absolute Gasteiger partial charge is 0.251 e. The van der Waals surface area contributed by atoms with Crippen molar-refractivity contribution < 1.29 is 23.8 Å². The molecule has 0 spiro atoms. The minimum absolute atomic E-state index is 0.0212. The summed E-state index contributed by atoms with van der Waals surface area (Å²) in [6.45, 7) is 0.272. The van der Waals surface area contributed by atoms with Crippen molar-refractivity contribution in [1.82, 2.24) is 10.6 Å². The van der Waals surface area contributed by atoms with E-state index < -0.39 is 0 Å². The van der Waals surface area contributed by atoms with Crippen molar-refractivity contribution in [3.8, 4) is 17.2 Å². The lowest BCUT2D eigenvalue weighted by molar-refractivity contribution is -0.121. The number of carbonyl (C=O) groups excluding carboxylic acids is 2. The Bertz CT molecular complexity index is 614. The maximum Gasteiger partial charge on any atom is 0.251 e. The lowest BCUT2D eigenvalue weighted by atomic mass is 10.1. The van der Waals surface area contributed by atoms with E-state index in [-0.39, 0.29) is 30.8 Å². The molecule has 1 fully saturated rings. The van der Waals surface area contributed by atoms with E-state index in [9.17, 15) is 9.59 Å². The molecule has 27 heavy (non-hydrogen) atoms. The molecule has 0 atom stereocenters. The number of benzene rings is 1. The molecule has 1 aromatic carbocycles. The van der Waals surface area contributed by atoms with Gasteiger partial charge in [0, 0.05) is 24.6 Å². The molecule has 7 heteroatoms. The first-order valence-corrected chi connectivity index (χ1v) is 9.46. The topological polar surface area (TPSA) is 85.9 Å². The number of hydrogen-bond acceptors (Lipinski definition) is 5. The minimum atomic E-state index is -0.295. The summed E-state index contributed by atoms with van der Waals surface area (Å²) in [4.78, 5) is 24.5. The van der Waals surface area contributed by atoms with Gasteiger partial charge in [0.1, 0.15) is 0 Å². The van der Waals surface area contributed by atoms with Gasteiger partial charge >= 0.3 is 0 Å². The van der Waals surface area contributed by atoms with Crippen LogP contribution in [0.1, 0.15) is 55.3 Å². The van der Waals surface area contributed by atoms with Gasteiger partial charge in [0.05, 0.1) is 21.3 Å². The molecule has 0 unspecified atom stereocenters. The highest BCUT2D eigenvalue weighted by Gasteiger charge is 2.18. The van der Waals surface area contributed by atoms with Crippen LogP contribution < -0.4 is 24.8 Å². The SMILES string of the molecule is COc1cc(C(=O)NCCC(=O)NC2CCCCCC2)cc(OC)c1OC. The molecule has 2 amide bonds. The molecule has 1 aliphatic rings. The molecule has 7 nitrogen and oxygen atoms in total. The van der Waals surface area contributed by atoms with Gasteiger partial charge in [-0.15, -0.1) is 0 Å². The molecule has 0 aromatic heterocycles. The predicted molar refractivity (Wildman–Crippen MR) is 103 cm³/mol. The fourth-order valence-electron chi connectivity index (χ4n) is 3.33. The molecule has 0 saturated heterocycles. The molecule has 0 radical (unpaired) electrons. The van der Waals surface area contributed by atoms with Crippen LogP contribution in [0.3, 0.4) is 0 Å². The Kier molecular flexibility index (Phi) is 8.23. The Morgan fingerprint density at radius 2 is 1.56 bits per heavy atom. The number of amides is 2. The highest BCUT2D eigenvalue weighted by Crippen LogP contribution is 2.38. The van der Waals surface area contributed by atoms with Crippen LogP contribution in [0.4, 0.5) is 0 Å². The monoisotopic (exact) mass is 378 g/mol. The molecular formula is C20H30N2O5. The zero-order valence-electron chi connectivity index (χ0n) is 16.4. The van der Waals surface area contributed by atoms with Crippen molar-refractivity contribution in [3.63, 3.8) is 0 Å². The van der Waals surface area contributed by atoms with Crippen LogP contribution in [0.5, 0.6) is 17.2 Å². The van der Waals surface area contributed by atoms with Gasteiger partial charge < -0.3 is 24.8 Å². The summed E-state index contributed by atoms with van der Waals surface area (Å²) >= 11 is 0. The van der Waals surface area contributed by atoms with Gasteiger partial charge in [-0.1, -0.05) is 25.7 Å². The van der Waals surface area contributed by atoms with Crippen LogP contribution in [-0.2, 0) is 4.79 Å². The summed E-state index contributed by atoms with van der Waals surface area (Å²) in [5.74, 6) is 0.934. The summed E-state index contributed by atoms with van der Waals surface area (Å²) in [5, 5.41) is 5.85. The summed E-state index contributed by atoms with van der Waals surface area (Å²) < 4.78 is 15.8. The Morgan fingerprint density at radius 3 is 2.07 bits per heavy atom. The molecule has 0 heterocycles. The zero-order valence-corrected chi connectivity index (χ0v) is 16.4. The first-order chi connectivity index (χ1) is 13.1. The normalized spacial score (nSPS) is 14.8. The van der Waals surface area contributed by atoms with Crippen LogP contribution >= 0.6 is 0 Å². The van der Waals surface area contributed by atoms with E-state index in [0.29, 0.717) is 22.8 Å². The van der Waals surface area contributed by atoms with Crippen LogP contribution in [0, 0.1) is 0 Å². The van der Waals surface area contributed by atoms with E-state index in [4.69, 9.17) is 14.2 Å². The second-order valence-corrected chi connectivity index (χ2v) is 6.68. The van der Waals surface area contributed by atoms with Gasteiger partial charge in [0.15, 0.2) is 11.5 Å². The maximum atomic E-state index is 12.4. The summed E-state index contributed by atoms with van der Waals surface area (Å²) in [7, 11) is 4.50. The van der Waals surface area contributed by atoms with Crippen LogP contribution in [0.25, 0.3) is 0 Å². The average molecular weight is 378 g/mol. The van der Waals surface area contributed by atoms with E-state index in [1.165, 1.54) is 47.0 Å². The first-order valence-electron chi connectivity index (χ1n) is 9.46. The van der Waals surface area contributed by atoms with Gasteiger partial charge in [0.2, 0.25) is 11.7 Å². The van der Waals surface area contributed by atoms with Crippen molar-refractivity contribution in [3.05, 3.63) is 17.7 Å². The standard InChI is InChI=1S/C20H30N2O5/c1-25-16-12-14(13-17(26-2)19(16)27-3)20(24)21-11-10-18(23)22-15-8-6-4-5-7-9-15/h12-13,15H,4-11H2,1-3H3,(H,21,24)(H,22,23). The second kappa shape index (κ2) is 10.6. The predicted octanol–water partition coefficient (Wildman–Crippen LogP) is 2.67. The summed E-state index contributed by atoms with van der Waals surface area (Å²) in [6, 6.07) is 3.44. The highest BCUT2D eigenvalue weighted by molar-refractivity contribution is 5.95. The molecule has 1 aromatic rings. The van der Waals surface area contributed by atoms with E-state index in [1.54, 1.807) is 12.1 Å². The molecule has 2 N–H and O–H groups in total. The Labute approximate surface area is 160 Å². The van der Waals surface area contributed by atoms with E-state index in [0.717, 1.165) is 12.8 Å². The van der Waals surface area contributed by atoms with Crippen molar-refractivity contribution >= 4 is 11.8 Å². The third-order valence-electron chi connectivity index (χ3n) is 4.78.